The number of carbonyl (C=O) groups is 3. The molecule has 2 N–H and O–H groups in total. The van der Waals surface area contributed by atoms with Crippen molar-refractivity contribution in [3.63, 3.8) is 0 Å². The maximum absolute atomic E-state index is 12.8. The molecule has 3 aromatic carbocycles. The van der Waals surface area contributed by atoms with Crippen LogP contribution >= 0.6 is 0 Å². The van der Waals surface area contributed by atoms with Crippen molar-refractivity contribution in [1.82, 2.24) is 5.32 Å². The van der Waals surface area contributed by atoms with Crippen LogP contribution < -0.4 is 10.6 Å². The third-order valence-corrected chi connectivity index (χ3v) is 4.77. The fourth-order valence-electron chi connectivity index (χ4n) is 3.02. The Kier molecular flexibility index (Phi) is 5.20. The standard InChI is InChI=1S/C24H20N2O3/c27-22(16-6-2-1-3-7-16)20-8-4-5-9-21(20)24(29)26-18-12-10-17(11-13-18)23(28)25-19-14-15-19/h1-13,19H,14-15H2,(H,25,28)(H,26,29). The lowest BCUT2D eigenvalue weighted by Gasteiger charge is -2.10. The highest BCUT2D eigenvalue weighted by Crippen LogP contribution is 2.20. The lowest BCUT2D eigenvalue weighted by Crippen LogP contribution is -2.25. The summed E-state index contributed by atoms with van der Waals surface area (Å²) < 4.78 is 0. The number of hydrogen-bond donors (Lipinski definition) is 2. The van der Waals surface area contributed by atoms with Crippen LogP contribution in [0.3, 0.4) is 0 Å². The molecule has 3 aromatic rings. The molecule has 0 spiro atoms. The second-order valence-corrected chi connectivity index (χ2v) is 7.02. The molecule has 0 bridgehead atoms. The van der Waals surface area contributed by atoms with Crippen LogP contribution in [0.2, 0.25) is 0 Å². The SMILES string of the molecule is O=C(NC1CC1)c1ccc(NC(=O)c2ccccc2C(=O)c2ccccc2)cc1. The van der Waals surface area contributed by atoms with Gasteiger partial charge in [0.05, 0.1) is 5.56 Å². The molecule has 2 amide bonds. The van der Waals surface area contributed by atoms with Gasteiger partial charge in [0.1, 0.15) is 0 Å². The fraction of sp³-hybridized carbons (Fsp3) is 0.125. The van der Waals surface area contributed by atoms with Crippen LogP contribution in [0.5, 0.6) is 0 Å². The maximum atomic E-state index is 12.8. The van der Waals surface area contributed by atoms with Crippen LogP contribution in [0.1, 0.15) is 49.5 Å². The Hall–Kier alpha value is -3.73. The Balaban J connectivity index is 1.50. The molecule has 1 aliphatic carbocycles. The molecule has 29 heavy (non-hydrogen) atoms. The second kappa shape index (κ2) is 8.10. The smallest absolute Gasteiger partial charge is 0.256 e. The lowest BCUT2D eigenvalue weighted by atomic mass is 9.98. The van der Waals surface area contributed by atoms with E-state index in [-0.39, 0.29) is 17.6 Å². The minimum absolute atomic E-state index is 0.107. The first-order valence-electron chi connectivity index (χ1n) is 9.53. The van der Waals surface area contributed by atoms with Gasteiger partial charge in [0, 0.05) is 28.4 Å². The summed E-state index contributed by atoms with van der Waals surface area (Å²) in [6.45, 7) is 0. The molecular weight excluding hydrogens is 364 g/mol. The summed E-state index contributed by atoms with van der Waals surface area (Å²) in [5, 5.41) is 5.73. The van der Waals surface area contributed by atoms with Gasteiger partial charge in [-0.25, -0.2) is 0 Å². The molecule has 144 valence electrons. The lowest BCUT2D eigenvalue weighted by molar-refractivity contribution is 0.0950. The van der Waals surface area contributed by atoms with Crippen molar-refractivity contribution in [3.8, 4) is 0 Å². The molecule has 0 atom stereocenters. The molecule has 4 rings (SSSR count). The second-order valence-electron chi connectivity index (χ2n) is 7.02. The van der Waals surface area contributed by atoms with E-state index >= 15 is 0 Å². The topological polar surface area (TPSA) is 75.3 Å². The normalized spacial score (nSPS) is 12.8. The Morgan fingerprint density at radius 1 is 0.655 bits per heavy atom. The number of anilines is 1. The van der Waals surface area contributed by atoms with Gasteiger partial charge in [-0.05, 0) is 43.2 Å². The third kappa shape index (κ3) is 4.41. The number of rotatable bonds is 6. The van der Waals surface area contributed by atoms with Gasteiger partial charge in [-0.2, -0.15) is 0 Å². The average Bonchev–Trinajstić information content (AvgIpc) is 3.58. The van der Waals surface area contributed by atoms with Crippen molar-refractivity contribution in [3.05, 3.63) is 101 Å². The van der Waals surface area contributed by atoms with Crippen molar-refractivity contribution < 1.29 is 14.4 Å². The molecule has 1 aliphatic rings. The molecule has 1 fully saturated rings. The minimum Gasteiger partial charge on any atom is -0.349 e. The van der Waals surface area contributed by atoms with Gasteiger partial charge in [0.25, 0.3) is 11.8 Å². The van der Waals surface area contributed by atoms with E-state index < -0.39 is 0 Å². The van der Waals surface area contributed by atoms with E-state index in [4.69, 9.17) is 0 Å². The molecule has 0 radical (unpaired) electrons. The highest BCUT2D eigenvalue weighted by molar-refractivity contribution is 6.17. The van der Waals surface area contributed by atoms with Gasteiger partial charge in [0.2, 0.25) is 0 Å². The Bertz CT molecular complexity index is 1050. The molecule has 0 aromatic heterocycles. The highest BCUT2D eigenvalue weighted by Gasteiger charge is 2.23. The molecule has 5 heteroatoms. The first-order valence-corrected chi connectivity index (χ1v) is 9.53. The van der Waals surface area contributed by atoms with Crippen LogP contribution in [0, 0.1) is 0 Å². The Labute approximate surface area is 168 Å². The van der Waals surface area contributed by atoms with Crippen LogP contribution in [0.4, 0.5) is 5.69 Å². The number of amides is 2. The van der Waals surface area contributed by atoms with E-state index in [1.165, 1.54) is 0 Å². The van der Waals surface area contributed by atoms with Gasteiger partial charge in [-0.3, -0.25) is 14.4 Å². The van der Waals surface area contributed by atoms with E-state index in [1.807, 2.05) is 6.07 Å². The van der Waals surface area contributed by atoms with E-state index in [9.17, 15) is 14.4 Å². The Morgan fingerprint density at radius 2 is 1.28 bits per heavy atom. The predicted molar refractivity (Wildman–Crippen MR) is 111 cm³/mol. The third-order valence-electron chi connectivity index (χ3n) is 4.77. The molecule has 0 aliphatic heterocycles. The average molecular weight is 384 g/mol. The monoisotopic (exact) mass is 384 g/mol. The van der Waals surface area contributed by atoms with E-state index in [1.54, 1.807) is 72.8 Å². The van der Waals surface area contributed by atoms with Crippen LogP contribution in [0.25, 0.3) is 0 Å². The van der Waals surface area contributed by atoms with Crippen molar-refractivity contribution in [1.29, 1.82) is 0 Å². The molecule has 0 unspecified atom stereocenters. The van der Waals surface area contributed by atoms with Crippen molar-refractivity contribution >= 4 is 23.3 Å². The number of carbonyl (C=O) groups excluding carboxylic acids is 3. The predicted octanol–water partition coefficient (Wildman–Crippen LogP) is 4.06. The summed E-state index contributed by atoms with van der Waals surface area (Å²) in [6.07, 6.45) is 2.06. The summed E-state index contributed by atoms with van der Waals surface area (Å²) in [5.74, 6) is -0.687. The maximum Gasteiger partial charge on any atom is 0.256 e. The van der Waals surface area contributed by atoms with Crippen molar-refractivity contribution in [2.24, 2.45) is 0 Å². The van der Waals surface area contributed by atoms with Crippen LogP contribution in [0.15, 0.2) is 78.9 Å². The number of nitrogens with one attached hydrogen (secondary N) is 2. The van der Waals surface area contributed by atoms with Crippen LogP contribution in [-0.2, 0) is 0 Å². The van der Waals surface area contributed by atoms with Gasteiger partial charge in [-0.1, -0.05) is 48.5 Å². The zero-order valence-corrected chi connectivity index (χ0v) is 15.7. The molecular formula is C24H20N2O3. The molecule has 0 saturated heterocycles. The fourth-order valence-corrected chi connectivity index (χ4v) is 3.02. The molecule has 1 saturated carbocycles. The molecule has 0 heterocycles. The largest absolute Gasteiger partial charge is 0.349 e. The summed E-state index contributed by atoms with van der Waals surface area (Å²) in [7, 11) is 0. The van der Waals surface area contributed by atoms with Crippen molar-refractivity contribution in [2.75, 3.05) is 5.32 Å². The summed E-state index contributed by atoms with van der Waals surface area (Å²) in [4.78, 5) is 37.7. The van der Waals surface area contributed by atoms with Gasteiger partial charge < -0.3 is 10.6 Å². The summed E-state index contributed by atoms with van der Waals surface area (Å²) >= 11 is 0. The number of hydrogen-bond acceptors (Lipinski definition) is 3. The quantitative estimate of drug-likeness (QED) is 0.629. The number of ketones is 1. The zero-order valence-electron chi connectivity index (χ0n) is 15.7. The zero-order chi connectivity index (χ0) is 20.2. The van der Waals surface area contributed by atoms with Gasteiger partial charge >= 0.3 is 0 Å². The Morgan fingerprint density at radius 3 is 1.93 bits per heavy atom. The van der Waals surface area contributed by atoms with Crippen molar-refractivity contribution in [2.45, 2.75) is 18.9 Å². The van der Waals surface area contributed by atoms with E-state index in [2.05, 4.69) is 10.6 Å². The highest BCUT2D eigenvalue weighted by atomic mass is 16.2. The summed E-state index contributed by atoms with van der Waals surface area (Å²) in [6, 6.07) is 22.6. The van der Waals surface area contributed by atoms with Gasteiger partial charge in [-0.15, -0.1) is 0 Å². The van der Waals surface area contributed by atoms with Gasteiger partial charge in [0.15, 0.2) is 5.78 Å². The number of benzene rings is 3. The minimum atomic E-state index is -0.375. The summed E-state index contributed by atoms with van der Waals surface area (Å²) in [5.41, 5.74) is 2.28. The molecule has 5 nitrogen and oxygen atoms in total. The first-order chi connectivity index (χ1) is 14.1. The van der Waals surface area contributed by atoms with E-state index in [0.717, 1.165) is 12.8 Å². The first kappa shape index (κ1) is 18.6. The van der Waals surface area contributed by atoms with E-state index in [0.29, 0.717) is 34.0 Å². The van der Waals surface area contributed by atoms with Crippen LogP contribution in [-0.4, -0.2) is 23.6 Å².